The minimum Gasteiger partial charge on any atom is -0.293 e. The van der Waals surface area contributed by atoms with Crippen molar-refractivity contribution in [3.05, 3.63) is 43.2 Å². The molecule has 1 nitrogen and oxygen atoms in total. The number of ketones is 1. The van der Waals surface area contributed by atoms with Gasteiger partial charge in [-0.25, -0.2) is 0 Å². The van der Waals surface area contributed by atoms with E-state index in [1.54, 1.807) is 11.3 Å². The van der Waals surface area contributed by atoms with E-state index in [0.29, 0.717) is 6.42 Å². The lowest BCUT2D eigenvalue weighted by atomic mass is 10.1. The van der Waals surface area contributed by atoms with Crippen molar-refractivity contribution in [2.75, 3.05) is 0 Å². The molecule has 2 aromatic rings. The summed E-state index contributed by atoms with van der Waals surface area (Å²) in [6.45, 7) is 0. The summed E-state index contributed by atoms with van der Waals surface area (Å²) in [6, 6.07) is 5.76. The Morgan fingerprint density at radius 1 is 1.29 bits per heavy atom. The van der Waals surface area contributed by atoms with Gasteiger partial charge in [-0.2, -0.15) is 0 Å². The van der Waals surface area contributed by atoms with Gasteiger partial charge in [0, 0.05) is 6.42 Å². The number of halogens is 1. The molecule has 72 valence electrons. The third-order valence-corrected chi connectivity index (χ3v) is 4.56. The molecule has 0 aliphatic heterocycles. The first-order valence-electron chi connectivity index (χ1n) is 4.06. The lowest BCUT2D eigenvalue weighted by Crippen LogP contribution is -2.00. The van der Waals surface area contributed by atoms with E-state index < -0.39 is 0 Å². The summed E-state index contributed by atoms with van der Waals surface area (Å²) in [5.41, 5.74) is 1.08. The predicted octanol–water partition coefficient (Wildman–Crippen LogP) is 4.00. The molecule has 0 amide bonds. The molecule has 0 spiro atoms. The zero-order valence-electron chi connectivity index (χ0n) is 7.20. The molecule has 0 unspecified atom stereocenters. The SMILES string of the molecule is O=C(Cc1ccsc1Br)c1cccs1. The second-order valence-corrected chi connectivity index (χ2v) is 5.98. The minimum atomic E-state index is 0.194. The van der Waals surface area contributed by atoms with Crippen LogP contribution >= 0.6 is 38.6 Å². The van der Waals surface area contributed by atoms with E-state index in [9.17, 15) is 4.79 Å². The van der Waals surface area contributed by atoms with Crippen LogP contribution in [0, 0.1) is 0 Å². The van der Waals surface area contributed by atoms with Crippen LogP contribution in [0.5, 0.6) is 0 Å². The van der Waals surface area contributed by atoms with Crippen LogP contribution in [0.25, 0.3) is 0 Å². The van der Waals surface area contributed by atoms with E-state index in [2.05, 4.69) is 15.9 Å². The molecule has 0 saturated carbocycles. The molecule has 2 heterocycles. The molecule has 0 fully saturated rings. The zero-order valence-corrected chi connectivity index (χ0v) is 10.4. The summed E-state index contributed by atoms with van der Waals surface area (Å²) >= 11 is 6.54. The number of rotatable bonds is 3. The molecule has 0 N–H and O–H groups in total. The molecular formula is C10H7BrOS2. The Morgan fingerprint density at radius 3 is 2.71 bits per heavy atom. The first kappa shape index (κ1) is 10.1. The van der Waals surface area contributed by atoms with Gasteiger partial charge >= 0.3 is 0 Å². The summed E-state index contributed by atoms with van der Waals surface area (Å²) in [5, 5.41) is 3.91. The van der Waals surface area contributed by atoms with Crippen molar-refractivity contribution in [2.45, 2.75) is 6.42 Å². The zero-order chi connectivity index (χ0) is 9.97. The quantitative estimate of drug-likeness (QED) is 0.780. The third-order valence-electron chi connectivity index (χ3n) is 1.84. The van der Waals surface area contributed by atoms with E-state index in [-0.39, 0.29) is 5.78 Å². The maximum absolute atomic E-state index is 11.7. The van der Waals surface area contributed by atoms with Crippen LogP contribution in [-0.2, 0) is 6.42 Å². The highest BCUT2D eigenvalue weighted by atomic mass is 79.9. The van der Waals surface area contributed by atoms with Crippen LogP contribution in [0.3, 0.4) is 0 Å². The molecule has 0 aliphatic rings. The average Bonchev–Trinajstić information content (AvgIpc) is 2.77. The summed E-state index contributed by atoms with van der Waals surface area (Å²) in [6.07, 6.45) is 0.491. The van der Waals surface area contributed by atoms with E-state index in [1.807, 2.05) is 29.0 Å². The van der Waals surface area contributed by atoms with Gasteiger partial charge in [-0.1, -0.05) is 6.07 Å². The lowest BCUT2D eigenvalue weighted by molar-refractivity contribution is 0.0997. The van der Waals surface area contributed by atoms with Gasteiger partial charge in [-0.15, -0.1) is 22.7 Å². The average molecular weight is 287 g/mol. The fourth-order valence-electron chi connectivity index (χ4n) is 1.14. The first-order chi connectivity index (χ1) is 6.77. The number of hydrogen-bond donors (Lipinski definition) is 0. The molecule has 0 aliphatic carbocycles. The van der Waals surface area contributed by atoms with E-state index in [1.165, 1.54) is 11.3 Å². The van der Waals surface area contributed by atoms with Gasteiger partial charge in [0.05, 0.1) is 8.66 Å². The van der Waals surface area contributed by atoms with E-state index in [0.717, 1.165) is 14.2 Å². The van der Waals surface area contributed by atoms with Gasteiger partial charge in [0.25, 0.3) is 0 Å². The molecule has 0 radical (unpaired) electrons. The third kappa shape index (κ3) is 2.13. The van der Waals surface area contributed by atoms with Crippen molar-refractivity contribution in [2.24, 2.45) is 0 Å². The van der Waals surface area contributed by atoms with E-state index in [4.69, 9.17) is 0 Å². The molecule has 0 atom stereocenters. The number of thiophene rings is 2. The smallest absolute Gasteiger partial charge is 0.177 e. The summed E-state index contributed by atoms with van der Waals surface area (Å²) in [5.74, 6) is 0.194. The Balaban J connectivity index is 2.13. The van der Waals surface area contributed by atoms with Gasteiger partial charge in [-0.3, -0.25) is 4.79 Å². The highest BCUT2D eigenvalue weighted by molar-refractivity contribution is 9.11. The fraction of sp³-hybridized carbons (Fsp3) is 0.100. The molecule has 0 bridgehead atoms. The normalized spacial score (nSPS) is 10.4. The standard InChI is InChI=1S/C10H7BrOS2/c11-10-7(3-5-14-10)6-8(12)9-2-1-4-13-9/h1-5H,6H2. The van der Waals surface area contributed by atoms with Gasteiger partial charge in [-0.05, 0) is 44.4 Å². The van der Waals surface area contributed by atoms with Crippen molar-refractivity contribution < 1.29 is 4.79 Å². The number of Topliss-reactive ketones (excluding diaryl/α,β-unsaturated/α-hetero) is 1. The highest BCUT2D eigenvalue weighted by Crippen LogP contribution is 2.25. The topological polar surface area (TPSA) is 17.1 Å². The monoisotopic (exact) mass is 286 g/mol. The van der Waals surface area contributed by atoms with Crippen LogP contribution in [0.1, 0.15) is 15.2 Å². The molecule has 2 rings (SSSR count). The van der Waals surface area contributed by atoms with Crippen LogP contribution in [0.4, 0.5) is 0 Å². The maximum atomic E-state index is 11.7. The van der Waals surface area contributed by atoms with Crippen LogP contribution in [-0.4, -0.2) is 5.78 Å². The molecule has 0 saturated heterocycles. The molecule has 4 heteroatoms. The van der Waals surface area contributed by atoms with Crippen molar-refractivity contribution >= 4 is 44.4 Å². The number of hydrogen-bond acceptors (Lipinski definition) is 3. The van der Waals surface area contributed by atoms with Crippen molar-refractivity contribution in [1.29, 1.82) is 0 Å². The van der Waals surface area contributed by atoms with Crippen molar-refractivity contribution in [1.82, 2.24) is 0 Å². The largest absolute Gasteiger partial charge is 0.293 e. The number of carbonyl (C=O) groups excluding carboxylic acids is 1. The molecule has 14 heavy (non-hydrogen) atoms. The molecular weight excluding hydrogens is 280 g/mol. The minimum absolute atomic E-state index is 0.194. The Hall–Kier alpha value is -0.450. The van der Waals surface area contributed by atoms with E-state index >= 15 is 0 Å². The molecule has 2 aromatic heterocycles. The fourth-order valence-corrected chi connectivity index (χ4v) is 3.05. The number of carbonyl (C=O) groups is 1. The Kier molecular flexibility index (Phi) is 3.15. The van der Waals surface area contributed by atoms with Crippen LogP contribution in [0.2, 0.25) is 0 Å². The van der Waals surface area contributed by atoms with Crippen molar-refractivity contribution in [3.8, 4) is 0 Å². The summed E-state index contributed by atoms with van der Waals surface area (Å²) in [4.78, 5) is 12.6. The Labute approximate surface area is 98.5 Å². The lowest BCUT2D eigenvalue weighted by Gasteiger charge is -1.96. The summed E-state index contributed by atoms with van der Waals surface area (Å²) in [7, 11) is 0. The first-order valence-corrected chi connectivity index (χ1v) is 6.61. The predicted molar refractivity (Wildman–Crippen MR) is 64.4 cm³/mol. The summed E-state index contributed by atoms with van der Waals surface area (Å²) < 4.78 is 1.06. The van der Waals surface area contributed by atoms with Crippen LogP contribution < -0.4 is 0 Å². The maximum Gasteiger partial charge on any atom is 0.177 e. The second kappa shape index (κ2) is 4.38. The van der Waals surface area contributed by atoms with Gasteiger partial charge in [0.2, 0.25) is 0 Å². The highest BCUT2D eigenvalue weighted by Gasteiger charge is 2.10. The molecule has 0 aromatic carbocycles. The van der Waals surface area contributed by atoms with Gasteiger partial charge in [0.15, 0.2) is 5.78 Å². The Morgan fingerprint density at radius 2 is 2.14 bits per heavy atom. The van der Waals surface area contributed by atoms with Crippen LogP contribution in [0.15, 0.2) is 32.7 Å². The van der Waals surface area contributed by atoms with Gasteiger partial charge < -0.3 is 0 Å². The van der Waals surface area contributed by atoms with Gasteiger partial charge in [0.1, 0.15) is 0 Å². The van der Waals surface area contributed by atoms with Crippen molar-refractivity contribution in [3.63, 3.8) is 0 Å². The second-order valence-electron chi connectivity index (χ2n) is 2.80. The Bertz CT molecular complexity index is 431.